The molecule has 1 atom stereocenters. The largest absolute Gasteiger partial charge is 0.509 e. The fourth-order valence-electron chi connectivity index (χ4n) is 1.24. The molecule has 0 aliphatic carbocycles. The Bertz CT molecular complexity index is 420. The molecule has 1 aromatic rings. The summed E-state index contributed by atoms with van der Waals surface area (Å²) in [5, 5.41) is 0. The van der Waals surface area contributed by atoms with Gasteiger partial charge < -0.3 is 9.47 Å². The normalized spacial score (nSPS) is 12.9. The van der Waals surface area contributed by atoms with Crippen molar-refractivity contribution in [3.05, 3.63) is 34.3 Å². The highest BCUT2D eigenvalue weighted by atomic mass is 79.9. The van der Waals surface area contributed by atoms with Gasteiger partial charge in [0.15, 0.2) is 6.10 Å². The standard InChI is InChI=1S/C11H10BrCl3O3/c1-2-17-10(16)18-9(11(13,14)15)7-4-3-5-8(12)6-7/h3-6,9H,2H2,1H3. The highest BCUT2D eigenvalue weighted by molar-refractivity contribution is 9.10. The minimum Gasteiger partial charge on any atom is -0.435 e. The number of halogens is 4. The summed E-state index contributed by atoms with van der Waals surface area (Å²) in [7, 11) is 0. The maximum atomic E-state index is 11.3. The molecule has 100 valence electrons. The second-order valence-electron chi connectivity index (χ2n) is 3.28. The van der Waals surface area contributed by atoms with Gasteiger partial charge in [0, 0.05) is 4.47 Å². The molecule has 0 spiro atoms. The smallest absolute Gasteiger partial charge is 0.435 e. The lowest BCUT2D eigenvalue weighted by Gasteiger charge is -2.24. The summed E-state index contributed by atoms with van der Waals surface area (Å²) in [5.74, 6) is 0. The second kappa shape index (κ2) is 6.85. The van der Waals surface area contributed by atoms with E-state index in [1.807, 2.05) is 6.07 Å². The summed E-state index contributed by atoms with van der Waals surface area (Å²) < 4.78 is 8.69. The fraction of sp³-hybridized carbons (Fsp3) is 0.364. The summed E-state index contributed by atoms with van der Waals surface area (Å²) in [6.45, 7) is 1.84. The van der Waals surface area contributed by atoms with E-state index in [4.69, 9.17) is 39.5 Å². The lowest BCUT2D eigenvalue weighted by Crippen LogP contribution is -2.24. The van der Waals surface area contributed by atoms with E-state index in [1.165, 1.54) is 0 Å². The van der Waals surface area contributed by atoms with Gasteiger partial charge in [0.2, 0.25) is 3.79 Å². The maximum Gasteiger partial charge on any atom is 0.509 e. The zero-order valence-corrected chi connectivity index (χ0v) is 13.2. The van der Waals surface area contributed by atoms with Gasteiger partial charge >= 0.3 is 6.16 Å². The first-order chi connectivity index (χ1) is 8.34. The third kappa shape index (κ3) is 4.84. The first-order valence-electron chi connectivity index (χ1n) is 5.00. The molecule has 1 unspecified atom stereocenters. The molecule has 0 aromatic heterocycles. The molecule has 0 saturated heterocycles. The Morgan fingerprint density at radius 3 is 2.61 bits per heavy atom. The maximum absolute atomic E-state index is 11.3. The minimum absolute atomic E-state index is 0.184. The average molecular weight is 376 g/mol. The molecule has 0 N–H and O–H groups in total. The number of hydrogen-bond acceptors (Lipinski definition) is 3. The Balaban J connectivity index is 2.96. The van der Waals surface area contributed by atoms with E-state index in [0.717, 1.165) is 4.47 Å². The van der Waals surface area contributed by atoms with Gasteiger partial charge in [-0.2, -0.15) is 0 Å². The number of carbonyl (C=O) groups is 1. The number of carbonyl (C=O) groups excluding carboxylic acids is 1. The van der Waals surface area contributed by atoms with Crippen molar-refractivity contribution in [3.8, 4) is 0 Å². The van der Waals surface area contributed by atoms with Gasteiger partial charge in [0.05, 0.1) is 6.61 Å². The molecule has 18 heavy (non-hydrogen) atoms. The second-order valence-corrected chi connectivity index (χ2v) is 6.56. The number of benzene rings is 1. The van der Waals surface area contributed by atoms with Crippen LogP contribution in [-0.2, 0) is 9.47 Å². The molecule has 1 aromatic carbocycles. The average Bonchev–Trinajstić information content (AvgIpc) is 2.24. The molecule has 0 aliphatic heterocycles. The molecule has 0 saturated carbocycles. The fourth-order valence-corrected chi connectivity index (χ4v) is 2.17. The van der Waals surface area contributed by atoms with Crippen molar-refractivity contribution >= 4 is 56.9 Å². The zero-order valence-electron chi connectivity index (χ0n) is 9.33. The van der Waals surface area contributed by atoms with E-state index in [-0.39, 0.29) is 6.61 Å². The molecule has 1 rings (SSSR count). The Morgan fingerprint density at radius 1 is 1.44 bits per heavy atom. The molecule has 0 fully saturated rings. The van der Waals surface area contributed by atoms with Crippen molar-refractivity contribution in [1.82, 2.24) is 0 Å². The van der Waals surface area contributed by atoms with Crippen LogP contribution in [0.2, 0.25) is 0 Å². The molecule has 0 heterocycles. The van der Waals surface area contributed by atoms with Crippen molar-refractivity contribution in [1.29, 1.82) is 0 Å². The van der Waals surface area contributed by atoms with Crippen LogP contribution in [0.3, 0.4) is 0 Å². The van der Waals surface area contributed by atoms with E-state index >= 15 is 0 Å². The number of alkyl halides is 3. The highest BCUT2D eigenvalue weighted by Crippen LogP contribution is 2.43. The Kier molecular flexibility index (Phi) is 6.05. The van der Waals surface area contributed by atoms with Gasteiger partial charge in [0.1, 0.15) is 0 Å². The van der Waals surface area contributed by atoms with E-state index in [9.17, 15) is 4.79 Å². The monoisotopic (exact) mass is 374 g/mol. The summed E-state index contributed by atoms with van der Waals surface area (Å²) in [4.78, 5) is 11.3. The Labute approximate surface area is 128 Å². The van der Waals surface area contributed by atoms with Crippen LogP contribution in [0.25, 0.3) is 0 Å². The van der Waals surface area contributed by atoms with Gasteiger partial charge in [-0.05, 0) is 24.6 Å². The predicted molar refractivity (Wildman–Crippen MR) is 75.3 cm³/mol. The van der Waals surface area contributed by atoms with Gasteiger partial charge in [0.25, 0.3) is 0 Å². The zero-order chi connectivity index (χ0) is 13.8. The van der Waals surface area contributed by atoms with E-state index in [1.54, 1.807) is 25.1 Å². The van der Waals surface area contributed by atoms with Crippen molar-refractivity contribution in [3.63, 3.8) is 0 Å². The van der Waals surface area contributed by atoms with Crippen molar-refractivity contribution in [2.24, 2.45) is 0 Å². The predicted octanol–water partition coefficient (Wildman–Crippen LogP) is 5.03. The Morgan fingerprint density at radius 2 is 2.11 bits per heavy atom. The van der Waals surface area contributed by atoms with E-state index < -0.39 is 16.1 Å². The highest BCUT2D eigenvalue weighted by Gasteiger charge is 2.38. The van der Waals surface area contributed by atoms with Crippen LogP contribution in [0.4, 0.5) is 4.79 Å². The van der Waals surface area contributed by atoms with Gasteiger partial charge in [-0.3, -0.25) is 0 Å². The molecule has 0 amide bonds. The number of hydrogen-bond donors (Lipinski definition) is 0. The third-order valence-corrected chi connectivity index (χ3v) is 3.01. The topological polar surface area (TPSA) is 35.5 Å². The number of rotatable bonds is 3. The summed E-state index contributed by atoms with van der Waals surface area (Å²) >= 11 is 20.7. The van der Waals surface area contributed by atoms with Crippen LogP contribution in [0.15, 0.2) is 28.7 Å². The summed E-state index contributed by atoms with van der Waals surface area (Å²) in [6, 6.07) is 6.95. The van der Waals surface area contributed by atoms with Crippen molar-refractivity contribution in [2.45, 2.75) is 16.8 Å². The van der Waals surface area contributed by atoms with Gasteiger partial charge in [-0.15, -0.1) is 0 Å². The van der Waals surface area contributed by atoms with Crippen LogP contribution in [-0.4, -0.2) is 16.6 Å². The Hall–Kier alpha value is -0.160. The molecule has 7 heteroatoms. The van der Waals surface area contributed by atoms with Gasteiger partial charge in [-0.25, -0.2) is 4.79 Å². The first kappa shape index (κ1) is 15.9. The quantitative estimate of drug-likeness (QED) is 0.548. The van der Waals surface area contributed by atoms with Crippen LogP contribution < -0.4 is 0 Å². The first-order valence-corrected chi connectivity index (χ1v) is 6.93. The summed E-state index contributed by atoms with van der Waals surface area (Å²) in [5.41, 5.74) is 0.553. The minimum atomic E-state index is -1.78. The van der Waals surface area contributed by atoms with Crippen LogP contribution >= 0.6 is 50.7 Å². The number of ether oxygens (including phenoxy) is 2. The van der Waals surface area contributed by atoms with Crippen molar-refractivity contribution < 1.29 is 14.3 Å². The van der Waals surface area contributed by atoms with Crippen LogP contribution in [0.1, 0.15) is 18.6 Å². The van der Waals surface area contributed by atoms with Gasteiger partial charge in [-0.1, -0.05) is 62.9 Å². The lowest BCUT2D eigenvalue weighted by atomic mass is 10.1. The molecular formula is C11H10BrCl3O3. The molecule has 0 radical (unpaired) electrons. The molecule has 0 bridgehead atoms. The van der Waals surface area contributed by atoms with Crippen LogP contribution in [0.5, 0.6) is 0 Å². The SMILES string of the molecule is CCOC(=O)OC(c1cccc(Br)c1)C(Cl)(Cl)Cl. The van der Waals surface area contributed by atoms with Crippen molar-refractivity contribution in [2.75, 3.05) is 6.61 Å². The molecular weight excluding hydrogens is 366 g/mol. The molecule has 3 nitrogen and oxygen atoms in total. The molecule has 0 aliphatic rings. The third-order valence-electron chi connectivity index (χ3n) is 1.92. The van der Waals surface area contributed by atoms with Crippen LogP contribution in [0, 0.1) is 0 Å². The lowest BCUT2D eigenvalue weighted by molar-refractivity contribution is 0.0267. The summed E-state index contributed by atoms with van der Waals surface area (Å²) in [6.07, 6.45) is -1.92. The van der Waals surface area contributed by atoms with E-state index in [2.05, 4.69) is 20.7 Å². The van der Waals surface area contributed by atoms with E-state index in [0.29, 0.717) is 5.56 Å².